The summed E-state index contributed by atoms with van der Waals surface area (Å²) in [7, 11) is 0. The van der Waals surface area contributed by atoms with Crippen LogP contribution in [0.5, 0.6) is 5.75 Å². The first-order valence-electron chi connectivity index (χ1n) is 10.0. The monoisotopic (exact) mass is 466 g/mol. The highest BCUT2D eigenvalue weighted by Crippen LogP contribution is 2.35. The molecular formula is C25H20Cl2N2O3. The van der Waals surface area contributed by atoms with E-state index in [0.717, 1.165) is 10.5 Å². The van der Waals surface area contributed by atoms with Crippen LogP contribution in [-0.2, 0) is 9.59 Å². The second-order valence-electron chi connectivity index (χ2n) is 7.22. The number of rotatable bonds is 6. The molecule has 7 heteroatoms. The van der Waals surface area contributed by atoms with Gasteiger partial charge in [-0.25, -0.2) is 4.90 Å². The van der Waals surface area contributed by atoms with E-state index in [4.69, 9.17) is 27.9 Å². The fourth-order valence-electron chi connectivity index (χ4n) is 3.46. The number of nitrogens with zero attached hydrogens (tertiary/aromatic N) is 1. The molecule has 3 aromatic rings. The number of hydrogen-bond donors (Lipinski definition) is 1. The number of imide groups is 1. The highest BCUT2D eigenvalue weighted by Gasteiger charge is 2.40. The summed E-state index contributed by atoms with van der Waals surface area (Å²) in [6, 6.07) is 19.1. The quantitative estimate of drug-likeness (QED) is 0.446. The minimum Gasteiger partial charge on any atom is -0.494 e. The third-order valence-corrected chi connectivity index (χ3v) is 5.70. The molecule has 0 saturated heterocycles. The van der Waals surface area contributed by atoms with Crippen molar-refractivity contribution in [3.8, 4) is 5.75 Å². The summed E-state index contributed by atoms with van der Waals surface area (Å²) in [5.74, 6) is -0.331. The minimum atomic E-state index is -0.467. The van der Waals surface area contributed by atoms with Crippen LogP contribution < -0.4 is 15.0 Å². The lowest BCUT2D eigenvalue weighted by Crippen LogP contribution is -2.32. The number of carbonyl (C=O) groups excluding carboxylic acids is 2. The van der Waals surface area contributed by atoms with Crippen molar-refractivity contribution in [3.63, 3.8) is 0 Å². The lowest BCUT2D eigenvalue weighted by Gasteiger charge is -2.16. The van der Waals surface area contributed by atoms with Crippen molar-refractivity contribution in [2.75, 3.05) is 16.8 Å². The molecule has 0 radical (unpaired) electrons. The summed E-state index contributed by atoms with van der Waals surface area (Å²) in [5, 5.41) is 4.20. The molecule has 0 atom stereocenters. The molecule has 1 aliphatic rings. The van der Waals surface area contributed by atoms with Crippen molar-refractivity contribution < 1.29 is 14.3 Å². The van der Waals surface area contributed by atoms with Crippen molar-refractivity contribution >= 4 is 52.0 Å². The molecule has 0 fully saturated rings. The summed E-state index contributed by atoms with van der Waals surface area (Å²) in [5.41, 5.74) is 2.94. The van der Waals surface area contributed by atoms with Gasteiger partial charge in [0.1, 0.15) is 11.4 Å². The summed E-state index contributed by atoms with van der Waals surface area (Å²) >= 11 is 12.3. The molecule has 1 aliphatic heterocycles. The average molecular weight is 467 g/mol. The van der Waals surface area contributed by atoms with E-state index in [0.29, 0.717) is 39.3 Å². The molecule has 32 heavy (non-hydrogen) atoms. The molecule has 0 aromatic heterocycles. The lowest BCUT2D eigenvalue weighted by atomic mass is 10.0. The summed E-state index contributed by atoms with van der Waals surface area (Å²) in [6.45, 7) is 4.23. The fourth-order valence-corrected chi connectivity index (χ4v) is 3.77. The molecule has 162 valence electrons. The maximum absolute atomic E-state index is 13.5. The lowest BCUT2D eigenvalue weighted by molar-refractivity contribution is -0.120. The van der Waals surface area contributed by atoms with Crippen molar-refractivity contribution in [1.82, 2.24) is 0 Å². The number of anilines is 2. The Labute approximate surface area is 196 Å². The maximum Gasteiger partial charge on any atom is 0.282 e. The molecule has 3 aromatic carbocycles. The zero-order chi connectivity index (χ0) is 22.8. The largest absolute Gasteiger partial charge is 0.494 e. The van der Waals surface area contributed by atoms with Gasteiger partial charge in [0.25, 0.3) is 11.8 Å². The van der Waals surface area contributed by atoms with Crippen molar-refractivity contribution in [3.05, 3.63) is 93.6 Å². The Hall–Kier alpha value is -3.28. The molecule has 0 bridgehead atoms. The summed E-state index contributed by atoms with van der Waals surface area (Å²) < 4.78 is 5.54. The number of benzene rings is 3. The van der Waals surface area contributed by atoms with Gasteiger partial charge in [-0.15, -0.1) is 0 Å². The number of carbonyl (C=O) groups is 2. The predicted molar refractivity (Wildman–Crippen MR) is 128 cm³/mol. The zero-order valence-electron chi connectivity index (χ0n) is 17.5. The minimum absolute atomic E-state index is 0.166. The Morgan fingerprint density at radius 2 is 1.69 bits per heavy atom. The molecular weight excluding hydrogens is 447 g/mol. The molecule has 0 saturated carbocycles. The average Bonchev–Trinajstić information content (AvgIpc) is 3.01. The molecule has 1 N–H and O–H groups in total. The Balaban J connectivity index is 1.80. The number of ether oxygens (including phenoxy) is 1. The van der Waals surface area contributed by atoms with Gasteiger partial charge >= 0.3 is 0 Å². The van der Waals surface area contributed by atoms with Crippen LogP contribution in [0.4, 0.5) is 11.4 Å². The van der Waals surface area contributed by atoms with Crippen LogP contribution in [0, 0.1) is 6.92 Å². The standard InChI is InChI=1S/C25H20Cl2N2O3/c1-3-32-20-6-4-5-19(14-20)29-24(30)22(16-8-10-17(26)11-9-16)23(25(29)31)28-18-12-7-15(2)21(27)13-18/h4-14,28H,3H2,1-2H3. The second kappa shape index (κ2) is 9.07. The van der Waals surface area contributed by atoms with Gasteiger partial charge in [-0.05, 0) is 61.4 Å². The van der Waals surface area contributed by atoms with E-state index in [1.54, 1.807) is 54.6 Å². The van der Waals surface area contributed by atoms with Crippen molar-refractivity contribution in [2.24, 2.45) is 0 Å². The van der Waals surface area contributed by atoms with E-state index >= 15 is 0 Å². The van der Waals surface area contributed by atoms with Crippen LogP contribution in [0.3, 0.4) is 0 Å². The van der Waals surface area contributed by atoms with Crippen LogP contribution in [0.1, 0.15) is 18.1 Å². The van der Waals surface area contributed by atoms with Gasteiger partial charge in [-0.3, -0.25) is 9.59 Å². The third kappa shape index (κ3) is 4.22. The van der Waals surface area contributed by atoms with Gasteiger partial charge in [0.2, 0.25) is 0 Å². The molecule has 0 spiro atoms. The number of nitrogens with one attached hydrogen (secondary N) is 1. The third-order valence-electron chi connectivity index (χ3n) is 5.04. The topological polar surface area (TPSA) is 58.6 Å². The SMILES string of the molecule is CCOc1cccc(N2C(=O)C(Nc3ccc(C)c(Cl)c3)=C(c3ccc(Cl)cc3)C2=O)c1. The van der Waals surface area contributed by atoms with E-state index in [-0.39, 0.29) is 11.3 Å². The van der Waals surface area contributed by atoms with Crippen LogP contribution in [0.2, 0.25) is 10.0 Å². The zero-order valence-corrected chi connectivity index (χ0v) is 19.0. The van der Waals surface area contributed by atoms with E-state index < -0.39 is 11.8 Å². The molecule has 4 rings (SSSR count). The maximum atomic E-state index is 13.5. The molecule has 0 unspecified atom stereocenters. The second-order valence-corrected chi connectivity index (χ2v) is 8.07. The van der Waals surface area contributed by atoms with E-state index in [2.05, 4.69) is 5.32 Å². The Morgan fingerprint density at radius 1 is 0.938 bits per heavy atom. The summed E-state index contributed by atoms with van der Waals surface area (Å²) in [6.07, 6.45) is 0. The normalized spacial score (nSPS) is 13.7. The van der Waals surface area contributed by atoms with Crippen molar-refractivity contribution in [1.29, 1.82) is 0 Å². The number of hydrogen-bond acceptors (Lipinski definition) is 4. The molecule has 0 aliphatic carbocycles. The van der Waals surface area contributed by atoms with Crippen LogP contribution in [0.15, 0.2) is 72.4 Å². The first-order valence-corrected chi connectivity index (χ1v) is 10.8. The number of halogens is 2. The summed E-state index contributed by atoms with van der Waals surface area (Å²) in [4.78, 5) is 28.1. The smallest absolute Gasteiger partial charge is 0.282 e. The number of amides is 2. The fraction of sp³-hybridized carbons (Fsp3) is 0.120. The Kier molecular flexibility index (Phi) is 6.21. The predicted octanol–water partition coefficient (Wildman–Crippen LogP) is 6.10. The van der Waals surface area contributed by atoms with E-state index in [9.17, 15) is 9.59 Å². The van der Waals surface area contributed by atoms with E-state index in [1.807, 2.05) is 26.0 Å². The number of aryl methyl sites for hydroxylation is 1. The van der Waals surface area contributed by atoms with Crippen molar-refractivity contribution in [2.45, 2.75) is 13.8 Å². The van der Waals surface area contributed by atoms with Crippen LogP contribution >= 0.6 is 23.2 Å². The van der Waals surface area contributed by atoms with Gasteiger partial charge in [0, 0.05) is 21.8 Å². The Bertz CT molecular complexity index is 1240. The molecule has 5 nitrogen and oxygen atoms in total. The van der Waals surface area contributed by atoms with Crippen LogP contribution in [0.25, 0.3) is 5.57 Å². The van der Waals surface area contributed by atoms with Gasteiger partial charge in [-0.1, -0.05) is 47.5 Å². The molecule has 2 amide bonds. The highest BCUT2D eigenvalue weighted by atomic mass is 35.5. The van der Waals surface area contributed by atoms with Gasteiger partial charge in [-0.2, -0.15) is 0 Å². The van der Waals surface area contributed by atoms with Gasteiger partial charge in [0.05, 0.1) is 17.9 Å². The van der Waals surface area contributed by atoms with Gasteiger partial charge in [0.15, 0.2) is 0 Å². The highest BCUT2D eigenvalue weighted by molar-refractivity contribution is 6.46. The molecule has 1 heterocycles. The first kappa shape index (κ1) is 21.9. The Morgan fingerprint density at radius 3 is 2.38 bits per heavy atom. The van der Waals surface area contributed by atoms with E-state index in [1.165, 1.54) is 0 Å². The first-order chi connectivity index (χ1) is 15.4. The van der Waals surface area contributed by atoms with Gasteiger partial charge < -0.3 is 10.1 Å². The van der Waals surface area contributed by atoms with Crippen LogP contribution in [-0.4, -0.2) is 18.4 Å².